The molecule has 0 radical (unpaired) electrons. The third-order valence-electron chi connectivity index (χ3n) is 2.52. The third kappa shape index (κ3) is 3.92. The van der Waals surface area contributed by atoms with E-state index in [1.54, 1.807) is 18.2 Å². The Balaban J connectivity index is 2.64. The van der Waals surface area contributed by atoms with Crippen molar-refractivity contribution >= 4 is 23.3 Å². The molecule has 0 saturated heterocycles. The number of rotatable bonds is 5. The van der Waals surface area contributed by atoms with Crippen LogP contribution in [0.2, 0.25) is 5.02 Å². The first-order chi connectivity index (χ1) is 8.58. The lowest BCUT2D eigenvalue weighted by atomic mass is 10.1. The minimum atomic E-state index is -0.468. The number of nitrogens with two attached hydrogens (primary N) is 1. The van der Waals surface area contributed by atoms with Gasteiger partial charge in [0.25, 0.3) is 0 Å². The van der Waals surface area contributed by atoms with E-state index in [-0.39, 0.29) is 18.2 Å². The van der Waals surface area contributed by atoms with Crippen LogP contribution in [0.4, 0.5) is 0 Å². The lowest BCUT2D eigenvalue weighted by molar-refractivity contribution is -0.120. The summed E-state index contributed by atoms with van der Waals surface area (Å²) in [5, 5.41) is 14.7. The van der Waals surface area contributed by atoms with E-state index in [1.165, 1.54) is 0 Å². The Labute approximate surface area is 111 Å². The molecule has 98 valence electrons. The number of carbonyl (C=O) groups excluding carboxylic acids is 1. The van der Waals surface area contributed by atoms with E-state index in [2.05, 4.69) is 10.5 Å². The number of halogens is 1. The molecule has 1 aromatic carbocycles. The molecule has 0 spiro atoms. The van der Waals surface area contributed by atoms with E-state index in [9.17, 15) is 4.79 Å². The summed E-state index contributed by atoms with van der Waals surface area (Å²) in [5.74, 6) is -0.230. The number of oxime groups is 1. The average Bonchev–Trinajstić information content (AvgIpc) is 2.37. The Bertz CT molecular complexity index is 449. The minimum absolute atomic E-state index is 0.00925. The zero-order valence-corrected chi connectivity index (χ0v) is 10.8. The van der Waals surface area contributed by atoms with Crippen LogP contribution in [0, 0.1) is 0 Å². The van der Waals surface area contributed by atoms with Gasteiger partial charge >= 0.3 is 0 Å². The molecule has 4 N–H and O–H groups in total. The number of amides is 1. The Morgan fingerprint density at radius 1 is 1.56 bits per heavy atom. The van der Waals surface area contributed by atoms with Crippen LogP contribution in [-0.2, 0) is 11.2 Å². The van der Waals surface area contributed by atoms with Crippen molar-refractivity contribution in [3.05, 3.63) is 34.9 Å². The molecule has 18 heavy (non-hydrogen) atoms. The minimum Gasteiger partial charge on any atom is -0.409 e. The van der Waals surface area contributed by atoms with E-state index in [4.69, 9.17) is 22.5 Å². The van der Waals surface area contributed by atoms with Crippen LogP contribution < -0.4 is 11.1 Å². The van der Waals surface area contributed by atoms with Gasteiger partial charge in [0.05, 0.1) is 12.5 Å². The second kappa shape index (κ2) is 6.86. The normalized spacial score (nSPS) is 13.1. The summed E-state index contributed by atoms with van der Waals surface area (Å²) in [5.41, 5.74) is 6.20. The summed E-state index contributed by atoms with van der Waals surface area (Å²) < 4.78 is 0. The highest BCUT2D eigenvalue weighted by atomic mass is 35.5. The van der Waals surface area contributed by atoms with Crippen molar-refractivity contribution < 1.29 is 10.0 Å². The molecule has 0 aliphatic rings. The fourth-order valence-electron chi connectivity index (χ4n) is 1.51. The molecule has 1 atom stereocenters. The summed E-state index contributed by atoms with van der Waals surface area (Å²) >= 11 is 5.96. The zero-order chi connectivity index (χ0) is 13.5. The van der Waals surface area contributed by atoms with Gasteiger partial charge in [-0.25, -0.2) is 0 Å². The molecule has 1 amide bonds. The maximum absolute atomic E-state index is 11.8. The van der Waals surface area contributed by atoms with E-state index < -0.39 is 6.04 Å². The van der Waals surface area contributed by atoms with Gasteiger partial charge in [-0.1, -0.05) is 41.9 Å². The first-order valence-corrected chi connectivity index (χ1v) is 5.96. The molecule has 0 saturated carbocycles. The van der Waals surface area contributed by atoms with Crippen LogP contribution in [0.1, 0.15) is 18.9 Å². The molecule has 0 bridgehead atoms. The predicted octanol–water partition coefficient (Wildman–Crippen LogP) is 1.52. The highest BCUT2D eigenvalue weighted by Crippen LogP contribution is 2.15. The molecule has 0 heterocycles. The second-order valence-corrected chi connectivity index (χ2v) is 4.23. The highest BCUT2D eigenvalue weighted by Gasteiger charge is 2.15. The van der Waals surface area contributed by atoms with E-state index >= 15 is 0 Å². The molecule has 6 heteroatoms. The fourth-order valence-corrected chi connectivity index (χ4v) is 1.72. The van der Waals surface area contributed by atoms with E-state index in [0.717, 1.165) is 5.56 Å². The van der Waals surface area contributed by atoms with Crippen LogP contribution in [-0.4, -0.2) is 23.0 Å². The molecular weight excluding hydrogens is 254 g/mol. The van der Waals surface area contributed by atoms with Crippen LogP contribution in [0.25, 0.3) is 0 Å². The van der Waals surface area contributed by atoms with Crippen molar-refractivity contribution in [1.82, 2.24) is 5.32 Å². The third-order valence-corrected chi connectivity index (χ3v) is 2.89. The van der Waals surface area contributed by atoms with Crippen molar-refractivity contribution in [2.24, 2.45) is 10.9 Å². The molecular formula is C12H16ClN3O2. The lowest BCUT2D eigenvalue weighted by Crippen LogP contribution is -2.44. The van der Waals surface area contributed by atoms with Gasteiger partial charge in [0, 0.05) is 5.02 Å². The Morgan fingerprint density at radius 2 is 2.22 bits per heavy atom. The molecule has 1 unspecified atom stereocenters. The maximum atomic E-state index is 11.8. The van der Waals surface area contributed by atoms with Gasteiger partial charge in [0.1, 0.15) is 0 Å². The molecule has 1 rings (SSSR count). The largest absolute Gasteiger partial charge is 0.409 e. The molecule has 0 aromatic heterocycles. The topological polar surface area (TPSA) is 87.7 Å². The van der Waals surface area contributed by atoms with Gasteiger partial charge in [0.15, 0.2) is 5.84 Å². The monoisotopic (exact) mass is 269 g/mol. The van der Waals surface area contributed by atoms with E-state index in [1.807, 2.05) is 13.0 Å². The first-order valence-electron chi connectivity index (χ1n) is 5.58. The number of hydrogen-bond acceptors (Lipinski definition) is 3. The summed E-state index contributed by atoms with van der Waals surface area (Å²) in [6, 6.07) is 6.66. The number of carbonyl (C=O) groups is 1. The van der Waals surface area contributed by atoms with Crippen LogP contribution in [0.15, 0.2) is 29.4 Å². The fraction of sp³-hybridized carbons (Fsp3) is 0.333. The van der Waals surface area contributed by atoms with Gasteiger partial charge in [-0.15, -0.1) is 0 Å². The summed E-state index contributed by atoms with van der Waals surface area (Å²) in [6.45, 7) is 1.83. The van der Waals surface area contributed by atoms with E-state index in [0.29, 0.717) is 11.4 Å². The standard InChI is InChI=1S/C12H16ClN3O2/c1-2-10(12(14)16-18)15-11(17)7-8-5-3-4-6-9(8)13/h3-6,10,18H,2,7H2,1H3,(H2,14,16)(H,15,17). The van der Waals surface area contributed by atoms with Gasteiger partial charge in [-0.3, -0.25) is 4.79 Å². The van der Waals surface area contributed by atoms with Crippen molar-refractivity contribution in [1.29, 1.82) is 0 Å². The van der Waals surface area contributed by atoms with Gasteiger partial charge in [-0.2, -0.15) is 0 Å². The molecule has 5 nitrogen and oxygen atoms in total. The SMILES string of the molecule is CCC(NC(=O)Cc1ccccc1Cl)/C(N)=N/O. The first kappa shape index (κ1) is 14.3. The molecule has 0 fully saturated rings. The zero-order valence-electron chi connectivity index (χ0n) is 10.1. The quantitative estimate of drug-likeness (QED) is 0.328. The number of nitrogens with zero attached hydrogens (tertiary/aromatic N) is 1. The highest BCUT2D eigenvalue weighted by molar-refractivity contribution is 6.31. The second-order valence-electron chi connectivity index (χ2n) is 3.82. The number of benzene rings is 1. The maximum Gasteiger partial charge on any atom is 0.225 e. The lowest BCUT2D eigenvalue weighted by Gasteiger charge is -2.15. The van der Waals surface area contributed by atoms with Crippen molar-refractivity contribution in [2.75, 3.05) is 0 Å². The van der Waals surface area contributed by atoms with Gasteiger partial charge < -0.3 is 16.3 Å². The van der Waals surface area contributed by atoms with Crippen LogP contribution >= 0.6 is 11.6 Å². The van der Waals surface area contributed by atoms with Gasteiger partial charge in [0.2, 0.25) is 5.91 Å². The number of nitrogens with one attached hydrogen (secondary N) is 1. The summed E-state index contributed by atoms with van der Waals surface area (Å²) in [7, 11) is 0. The number of hydrogen-bond donors (Lipinski definition) is 3. The van der Waals surface area contributed by atoms with Crippen molar-refractivity contribution in [3.8, 4) is 0 Å². The smallest absolute Gasteiger partial charge is 0.225 e. The average molecular weight is 270 g/mol. The van der Waals surface area contributed by atoms with Crippen molar-refractivity contribution in [3.63, 3.8) is 0 Å². The summed E-state index contributed by atoms with van der Waals surface area (Å²) in [6.07, 6.45) is 0.707. The Kier molecular flexibility index (Phi) is 5.45. The van der Waals surface area contributed by atoms with Gasteiger partial charge in [-0.05, 0) is 18.1 Å². The van der Waals surface area contributed by atoms with Crippen LogP contribution in [0.5, 0.6) is 0 Å². The Morgan fingerprint density at radius 3 is 2.78 bits per heavy atom. The summed E-state index contributed by atoms with van der Waals surface area (Å²) in [4.78, 5) is 11.8. The molecule has 0 aliphatic carbocycles. The van der Waals surface area contributed by atoms with Crippen LogP contribution in [0.3, 0.4) is 0 Å². The van der Waals surface area contributed by atoms with Crippen molar-refractivity contribution in [2.45, 2.75) is 25.8 Å². The number of amidine groups is 1. The predicted molar refractivity (Wildman–Crippen MR) is 70.8 cm³/mol. The molecule has 1 aromatic rings. The Hall–Kier alpha value is -1.75. The molecule has 0 aliphatic heterocycles.